The van der Waals surface area contributed by atoms with Gasteiger partial charge in [0.05, 0.1) is 11.5 Å². The first-order valence-corrected chi connectivity index (χ1v) is 9.05. The van der Waals surface area contributed by atoms with Crippen LogP contribution in [-0.4, -0.2) is 26.5 Å². The van der Waals surface area contributed by atoms with Crippen LogP contribution in [0, 0.1) is 24.5 Å². The Kier molecular flexibility index (Phi) is 4.99. The first kappa shape index (κ1) is 16.4. The maximum Gasteiger partial charge on any atom is 0.150 e. The van der Waals surface area contributed by atoms with E-state index in [2.05, 4.69) is 5.32 Å². The minimum atomic E-state index is -3.06. The minimum absolute atomic E-state index is 0.0311. The van der Waals surface area contributed by atoms with Gasteiger partial charge in [0.15, 0.2) is 9.84 Å². The molecule has 0 saturated carbocycles. The van der Waals surface area contributed by atoms with Crippen LogP contribution in [0.5, 0.6) is 0 Å². The molecule has 1 saturated heterocycles. The Hall–Kier alpha value is -1.01. The van der Waals surface area contributed by atoms with Crippen LogP contribution in [0.1, 0.15) is 36.9 Å². The van der Waals surface area contributed by atoms with Crippen molar-refractivity contribution >= 4 is 9.84 Å². The molecule has 1 aromatic carbocycles. The summed E-state index contributed by atoms with van der Waals surface area (Å²) < 4.78 is 51.3. The van der Waals surface area contributed by atoms with E-state index in [4.69, 9.17) is 0 Å². The number of benzene rings is 1. The Morgan fingerprint density at radius 3 is 2.62 bits per heavy atom. The van der Waals surface area contributed by atoms with Crippen LogP contribution in [-0.2, 0) is 9.84 Å². The van der Waals surface area contributed by atoms with E-state index in [9.17, 15) is 17.2 Å². The zero-order valence-corrected chi connectivity index (χ0v) is 13.1. The molecule has 2 rings (SSSR count). The van der Waals surface area contributed by atoms with Gasteiger partial charge in [-0.05, 0) is 49.9 Å². The molecular formula is C15H21F2NO2S. The predicted molar refractivity (Wildman–Crippen MR) is 78.9 cm³/mol. The van der Waals surface area contributed by atoms with Crippen LogP contribution < -0.4 is 5.32 Å². The maximum atomic E-state index is 14.2. The van der Waals surface area contributed by atoms with Gasteiger partial charge in [-0.15, -0.1) is 0 Å². The van der Waals surface area contributed by atoms with Gasteiger partial charge >= 0.3 is 0 Å². The first-order chi connectivity index (χ1) is 9.84. The molecule has 1 aliphatic rings. The second-order valence-electron chi connectivity index (χ2n) is 5.72. The molecule has 1 N–H and O–H groups in total. The number of sulfone groups is 1. The van der Waals surface area contributed by atoms with E-state index in [0.29, 0.717) is 13.0 Å². The number of hydrogen-bond acceptors (Lipinski definition) is 3. The Bertz CT molecular complexity index is 616. The van der Waals surface area contributed by atoms with Crippen molar-refractivity contribution in [1.82, 2.24) is 5.32 Å². The highest BCUT2D eigenvalue weighted by Gasteiger charge is 2.35. The van der Waals surface area contributed by atoms with E-state index in [1.807, 2.05) is 6.92 Å². The Labute approximate surface area is 124 Å². The molecule has 118 valence electrons. The predicted octanol–water partition coefficient (Wildman–Crippen LogP) is 2.75. The van der Waals surface area contributed by atoms with Gasteiger partial charge in [0.25, 0.3) is 0 Å². The molecule has 0 spiro atoms. The van der Waals surface area contributed by atoms with Gasteiger partial charge in [-0.3, -0.25) is 0 Å². The lowest BCUT2D eigenvalue weighted by Gasteiger charge is -2.25. The molecule has 0 bridgehead atoms. The fraction of sp³-hybridized carbons (Fsp3) is 0.600. The summed E-state index contributed by atoms with van der Waals surface area (Å²) in [5.41, 5.74) is 0.484. The van der Waals surface area contributed by atoms with Crippen LogP contribution in [0.2, 0.25) is 0 Å². The highest BCUT2D eigenvalue weighted by Crippen LogP contribution is 2.33. The van der Waals surface area contributed by atoms with E-state index in [1.165, 1.54) is 19.1 Å². The van der Waals surface area contributed by atoms with Crippen LogP contribution >= 0.6 is 0 Å². The van der Waals surface area contributed by atoms with E-state index < -0.39 is 27.5 Å². The molecule has 0 amide bonds. The zero-order valence-electron chi connectivity index (χ0n) is 12.3. The van der Waals surface area contributed by atoms with Crippen LogP contribution in [0.3, 0.4) is 0 Å². The molecule has 2 atom stereocenters. The van der Waals surface area contributed by atoms with Gasteiger partial charge in [-0.25, -0.2) is 17.2 Å². The summed E-state index contributed by atoms with van der Waals surface area (Å²) in [5.74, 6) is -0.998. The van der Waals surface area contributed by atoms with Crippen molar-refractivity contribution < 1.29 is 17.2 Å². The Morgan fingerprint density at radius 2 is 2.05 bits per heavy atom. The van der Waals surface area contributed by atoms with Gasteiger partial charge in [0, 0.05) is 11.6 Å². The van der Waals surface area contributed by atoms with Crippen molar-refractivity contribution in [1.29, 1.82) is 0 Å². The fourth-order valence-electron chi connectivity index (χ4n) is 2.82. The van der Waals surface area contributed by atoms with E-state index in [1.54, 1.807) is 0 Å². The van der Waals surface area contributed by atoms with Crippen molar-refractivity contribution in [3.8, 4) is 0 Å². The van der Waals surface area contributed by atoms with E-state index in [-0.39, 0.29) is 28.6 Å². The standard InChI is InChI=1S/C15H21F2NO2S/c1-3-5-18-15(11-4-6-21(19,20)9-11)12-8-13(16)10(2)7-14(12)17/h7-8,11,15,18H,3-6,9H2,1-2H3. The lowest BCUT2D eigenvalue weighted by atomic mass is 9.91. The van der Waals surface area contributed by atoms with Crippen molar-refractivity contribution in [3.63, 3.8) is 0 Å². The summed E-state index contributed by atoms with van der Waals surface area (Å²) in [6, 6.07) is 1.91. The fourth-order valence-corrected chi connectivity index (χ4v) is 4.66. The van der Waals surface area contributed by atoms with Crippen LogP contribution in [0.25, 0.3) is 0 Å². The molecule has 21 heavy (non-hydrogen) atoms. The topological polar surface area (TPSA) is 46.2 Å². The lowest BCUT2D eigenvalue weighted by molar-refractivity contribution is 0.378. The third-order valence-electron chi connectivity index (χ3n) is 3.97. The molecule has 0 aliphatic carbocycles. The molecule has 0 aromatic heterocycles. The minimum Gasteiger partial charge on any atom is -0.310 e. The van der Waals surface area contributed by atoms with Gasteiger partial charge in [0.1, 0.15) is 11.6 Å². The average molecular weight is 317 g/mol. The molecule has 1 aliphatic heterocycles. The number of nitrogens with one attached hydrogen (secondary N) is 1. The van der Waals surface area contributed by atoms with Gasteiger partial charge in [-0.1, -0.05) is 6.92 Å². The second-order valence-corrected chi connectivity index (χ2v) is 7.95. The lowest BCUT2D eigenvalue weighted by Crippen LogP contribution is -2.30. The van der Waals surface area contributed by atoms with Crippen molar-refractivity contribution in [2.45, 2.75) is 32.7 Å². The molecule has 1 fully saturated rings. The summed E-state index contributed by atoms with van der Waals surface area (Å²) in [6.07, 6.45) is 1.32. The molecule has 6 heteroatoms. The first-order valence-electron chi connectivity index (χ1n) is 7.23. The van der Waals surface area contributed by atoms with Crippen LogP contribution in [0.4, 0.5) is 8.78 Å². The molecule has 0 radical (unpaired) electrons. The molecule has 2 unspecified atom stereocenters. The number of halogens is 2. The normalized spacial score (nSPS) is 22.4. The van der Waals surface area contributed by atoms with Gasteiger partial charge in [0.2, 0.25) is 0 Å². The summed E-state index contributed by atoms with van der Waals surface area (Å²) in [4.78, 5) is 0. The Balaban J connectivity index is 2.34. The molecular weight excluding hydrogens is 296 g/mol. The molecule has 1 aromatic rings. The average Bonchev–Trinajstić information content (AvgIpc) is 2.76. The molecule has 3 nitrogen and oxygen atoms in total. The summed E-state index contributed by atoms with van der Waals surface area (Å²) in [7, 11) is -3.06. The summed E-state index contributed by atoms with van der Waals surface area (Å²) in [5, 5.41) is 3.18. The van der Waals surface area contributed by atoms with Gasteiger partial charge < -0.3 is 5.32 Å². The van der Waals surface area contributed by atoms with Crippen molar-refractivity contribution in [2.75, 3.05) is 18.1 Å². The Morgan fingerprint density at radius 1 is 1.33 bits per heavy atom. The maximum absolute atomic E-state index is 14.2. The van der Waals surface area contributed by atoms with E-state index in [0.717, 1.165) is 6.42 Å². The number of aryl methyl sites for hydroxylation is 1. The second kappa shape index (κ2) is 6.40. The van der Waals surface area contributed by atoms with E-state index >= 15 is 0 Å². The zero-order chi connectivity index (χ0) is 15.6. The smallest absolute Gasteiger partial charge is 0.150 e. The third kappa shape index (κ3) is 3.80. The highest BCUT2D eigenvalue weighted by molar-refractivity contribution is 7.91. The van der Waals surface area contributed by atoms with Crippen molar-refractivity contribution in [2.24, 2.45) is 5.92 Å². The highest BCUT2D eigenvalue weighted by atomic mass is 32.2. The third-order valence-corrected chi connectivity index (χ3v) is 5.76. The molecule has 1 heterocycles. The van der Waals surface area contributed by atoms with Crippen molar-refractivity contribution in [3.05, 3.63) is 34.9 Å². The summed E-state index contributed by atoms with van der Waals surface area (Å²) in [6.45, 7) is 4.12. The quantitative estimate of drug-likeness (QED) is 0.908. The summed E-state index contributed by atoms with van der Waals surface area (Å²) >= 11 is 0. The monoisotopic (exact) mass is 317 g/mol. The SMILES string of the molecule is CCCNC(c1cc(F)c(C)cc1F)C1CCS(=O)(=O)C1. The van der Waals surface area contributed by atoms with Gasteiger partial charge in [-0.2, -0.15) is 0 Å². The number of rotatable bonds is 5. The largest absolute Gasteiger partial charge is 0.310 e. The number of hydrogen-bond donors (Lipinski definition) is 1. The van der Waals surface area contributed by atoms with Crippen LogP contribution in [0.15, 0.2) is 12.1 Å².